The van der Waals surface area contributed by atoms with E-state index in [2.05, 4.69) is 10.6 Å². The Labute approximate surface area is 175 Å². The predicted octanol–water partition coefficient (Wildman–Crippen LogP) is 1.75. The number of ether oxygens (including phenoxy) is 1. The molecule has 9 nitrogen and oxygen atoms in total. The van der Waals surface area contributed by atoms with Crippen molar-refractivity contribution in [2.75, 3.05) is 33.3 Å². The molecule has 2 saturated heterocycles. The lowest BCUT2D eigenvalue weighted by Crippen LogP contribution is -2.46. The second-order valence-corrected chi connectivity index (χ2v) is 7.30. The molecule has 2 amide bonds. The highest BCUT2D eigenvalue weighted by Gasteiger charge is 2.28. The van der Waals surface area contributed by atoms with E-state index < -0.39 is 4.92 Å². The van der Waals surface area contributed by atoms with E-state index in [4.69, 9.17) is 4.74 Å². The van der Waals surface area contributed by atoms with Gasteiger partial charge in [0.1, 0.15) is 0 Å². The highest BCUT2D eigenvalue weighted by molar-refractivity contribution is 5.95. The van der Waals surface area contributed by atoms with Crippen molar-refractivity contribution in [3.8, 4) is 5.75 Å². The van der Waals surface area contributed by atoms with Gasteiger partial charge in [-0.15, -0.1) is 12.4 Å². The standard InChI is InChI=1S/C19H26N4O5.ClH/c1-28-17-7-6-14(10-16(17)23(26)27)19(25)22-9-3-4-13(12-22)11-21-18(24)15-5-2-8-20-15;/h6-7,10,13,15,20H,2-5,8-9,11-12H2,1H3,(H,21,24);1H. The minimum atomic E-state index is -0.554. The summed E-state index contributed by atoms with van der Waals surface area (Å²) in [7, 11) is 1.36. The third-order valence-electron chi connectivity index (χ3n) is 5.37. The van der Waals surface area contributed by atoms with Crippen LogP contribution in [0.1, 0.15) is 36.0 Å². The average Bonchev–Trinajstić information content (AvgIpc) is 3.26. The molecule has 2 unspecified atom stereocenters. The van der Waals surface area contributed by atoms with Gasteiger partial charge in [-0.05, 0) is 50.3 Å². The molecule has 0 aromatic heterocycles. The number of hydrogen-bond donors (Lipinski definition) is 2. The summed E-state index contributed by atoms with van der Waals surface area (Å²) >= 11 is 0. The van der Waals surface area contributed by atoms with Crippen LogP contribution in [0, 0.1) is 16.0 Å². The van der Waals surface area contributed by atoms with E-state index in [1.54, 1.807) is 11.0 Å². The van der Waals surface area contributed by atoms with Crippen molar-refractivity contribution in [1.82, 2.24) is 15.5 Å². The Kier molecular flexibility index (Phi) is 8.21. The van der Waals surface area contributed by atoms with Crippen LogP contribution in [0.3, 0.4) is 0 Å². The molecule has 2 aliphatic heterocycles. The first-order chi connectivity index (χ1) is 13.5. The van der Waals surface area contributed by atoms with Gasteiger partial charge in [-0.2, -0.15) is 0 Å². The Morgan fingerprint density at radius 1 is 1.34 bits per heavy atom. The smallest absolute Gasteiger partial charge is 0.311 e. The lowest BCUT2D eigenvalue weighted by atomic mass is 9.97. The van der Waals surface area contributed by atoms with Crippen molar-refractivity contribution in [2.45, 2.75) is 31.7 Å². The molecule has 160 valence electrons. The van der Waals surface area contributed by atoms with Gasteiger partial charge < -0.3 is 20.3 Å². The summed E-state index contributed by atoms with van der Waals surface area (Å²) in [6.45, 7) is 2.53. The molecule has 10 heteroatoms. The van der Waals surface area contributed by atoms with Crippen molar-refractivity contribution in [3.63, 3.8) is 0 Å². The minimum absolute atomic E-state index is 0. The third-order valence-corrected chi connectivity index (χ3v) is 5.37. The number of piperidine rings is 1. The number of carbonyl (C=O) groups excluding carboxylic acids is 2. The number of halogens is 1. The lowest BCUT2D eigenvalue weighted by molar-refractivity contribution is -0.385. The van der Waals surface area contributed by atoms with Crippen LogP contribution in [0.4, 0.5) is 5.69 Å². The largest absolute Gasteiger partial charge is 0.490 e. The molecule has 2 aliphatic rings. The summed E-state index contributed by atoms with van der Waals surface area (Å²) in [4.78, 5) is 37.3. The molecule has 0 radical (unpaired) electrons. The van der Waals surface area contributed by atoms with Gasteiger partial charge in [0.25, 0.3) is 5.91 Å². The van der Waals surface area contributed by atoms with Crippen molar-refractivity contribution >= 4 is 29.9 Å². The van der Waals surface area contributed by atoms with Gasteiger partial charge in [0, 0.05) is 31.3 Å². The van der Waals surface area contributed by atoms with Gasteiger partial charge in [0.2, 0.25) is 5.91 Å². The molecule has 0 aliphatic carbocycles. The Morgan fingerprint density at radius 3 is 2.79 bits per heavy atom. The van der Waals surface area contributed by atoms with Gasteiger partial charge in [0.15, 0.2) is 5.75 Å². The SMILES string of the molecule is COc1ccc(C(=O)N2CCCC(CNC(=O)C3CCCN3)C2)cc1[N+](=O)[O-].Cl. The molecule has 1 aromatic carbocycles. The zero-order chi connectivity index (χ0) is 20.1. The normalized spacial score (nSPS) is 21.2. The molecule has 0 saturated carbocycles. The Bertz CT molecular complexity index is 754. The van der Waals surface area contributed by atoms with E-state index in [1.165, 1.54) is 19.2 Å². The highest BCUT2D eigenvalue weighted by atomic mass is 35.5. The van der Waals surface area contributed by atoms with Crippen LogP contribution in [0.15, 0.2) is 18.2 Å². The number of amides is 2. The number of carbonyl (C=O) groups is 2. The van der Waals surface area contributed by atoms with Crippen LogP contribution in [0.25, 0.3) is 0 Å². The van der Waals surface area contributed by atoms with E-state index >= 15 is 0 Å². The van der Waals surface area contributed by atoms with Crippen molar-refractivity contribution in [1.29, 1.82) is 0 Å². The summed E-state index contributed by atoms with van der Waals surface area (Å²) in [5.74, 6) is 0.0866. The Hall–Kier alpha value is -2.39. The summed E-state index contributed by atoms with van der Waals surface area (Å²) in [5.41, 5.74) is 0.0468. The van der Waals surface area contributed by atoms with Crippen LogP contribution in [-0.4, -0.2) is 61.0 Å². The van der Waals surface area contributed by atoms with E-state index in [0.29, 0.717) is 19.6 Å². The van der Waals surface area contributed by atoms with Crippen LogP contribution < -0.4 is 15.4 Å². The lowest BCUT2D eigenvalue weighted by Gasteiger charge is -2.33. The molecule has 2 heterocycles. The number of nitrogens with one attached hydrogen (secondary N) is 2. The molecule has 29 heavy (non-hydrogen) atoms. The fourth-order valence-corrected chi connectivity index (χ4v) is 3.84. The summed E-state index contributed by atoms with van der Waals surface area (Å²) in [6, 6.07) is 4.15. The number of nitrogens with zero attached hydrogens (tertiary/aromatic N) is 2. The summed E-state index contributed by atoms with van der Waals surface area (Å²) in [5, 5.41) is 17.4. The predicted molar refractivity (Wildman–Crippen MR) is 110 cm³/mol. The monoisotopic (exact) mass is 426 g/mol. The van der Waals surface area contributed by atoms with E-state index in [0.717, 1.165) is 32.2 Å². The van der Waals surface area contributed by atoms with Crippen molar-refractivity contribution in [2.24, 2.45) is 5.92 Å². The van der Waals surface area contributed by atoms with Gasteiger partial charge in [0.05, 0.1) is 18.1 Å². The average molecular weight is 427 g/mol. The molecule has 2 N–H and O–H groups in total. The van der Waals surface area contributed by atoms with Gasteiger partial charge in [-0.3, -0.25) is 19.7 Å². The number of nitro groups is 1. The number of benzene rings is 1. The third kappa shape index (κ3) is 5.57. The molecule has 3 rings (SSSR count). The van der Waals surface area contributed by atoms with Crippen molar-refractivity contribution < 1.29 is 19.2 Å². The maximum Gasteiger partial charge on any atom is 0.311 e. The molecule has 2 atom stereocenters. The van der Waals surface area contributed by atoms with E-state index in [-0.39, 0.29) is 53.2 Å². The molecule has 1 aromatic rings. The molecular formula is C19H27ClN4O5. The topological polar surface area (TPSA) is 114 Å². The molecule has 2 fully saturated rings. The first kappa shape index (κ1) is 22.9. The molecular weight excluding hydrogens is 400 g/mol. The minimum Gasteiger partial charge on any atom is -0.490 e. The van der Waals surface area contributed by atoms with Gasteiger partial charge in [-0.1, -0.05) is 0 Å². The fourth-order valence-electron chi connectivity index (χ4n) is 3.84. The maximum atomic E-state index is 12.8. The van der Waals surface area contributed by atoms with Crippen LogP contribution in [0.2, 0.25) is 0 Å². The van der Waals surface area contributed by atoms with E-state index in [1.807, 2.05) is 0 Å². The van der Waals surface area contributed by atoms with Gasteiger partial charge >= 0.3 is 5.69 Å². The quantitative estimate of drug-likeness (QED) is 0.529. The second kappa shape index (κ2) is 10.4. The van der Waals surface area contributed by atoms with Crippen molar-refractivity contribution in [3.05, 3.63) is 33.9 Å². The van der Waals surface area contributed by atoms with Crippen LogP contribution >= 0.6 is 12.4 Å². The zero-order valence-corrected chi connectivity index (χ0v) is 17.2. The number of rotatable bonds is 6. The van der Waals surface area contributed by atoms with Gasteiger partial charge in [-0.25, -0.2) is 0 Å². The second-order valence-electron chi connectivity index (χ2n) is 7.30. The number of nitro benzene ring substituents is 1. The molecule has 0 spiro atoms. The number of likely N-dealkylation sites (tertiary alicyclic amines) is 1. The van der Waals surface area contributed by atoms with E-state index in [9.17, 15) is 19.7 Å². The van der Waals surface area contributed by atoms with Crippen LogP contribution in [-0.2, 0) is 4.79 Å². The number of hydrogen-bond acceptors (Lipinski definition) is 6. The fraction of sp³-hybridized carbons (Fsp3) is 0.579. The Morgan fingerprint density at radius 2 is 2.14 bits per heavy atom. The van der Waals surface area contributed by atoms with Crippen LogP contribution in [0.5, 0.6) is 5.75 Å². The molecule has 0 bridgehead atoms. The highest BCUT2D eigenvalue weighted by Crippen LogP contribution is 2.28. The maximum absolute atomic E-state index is 12.8. The first-order valence-corrected chi connectivity index (χ1v) is 9.62. The first-order valence-electron chi connectivity index (χ1n) is 9.62. The number of methoxy groups -OCH3 is 1. The summed E-state index contributed by atoms with van der Waals surface area (Å²) in [6.07, 6.45) is 3.65. The zero-order valence-electron chi connectivity index (χ0n) is 16.4. The summed E-state index contributed by atoms with van der Waals surface area (Å²) < 4.78 is 4.99. The Balaban J connectivity index is 0.00000300.